The Morgan fingerprint density at radius 1 is 0.622 bits per heavy atom. The normalized spacial score (nSPS) is 15.7. The first-order valence-electron chi connectivity index (χ1n) is 12.2. The fraction of sp³-hybridized carbons (Fsp3) is 0.194. The van der Waals surface area contributed by atoms with Gasteiger partial charge in [0.05, 0.1) is 33.7 Å². The van der Waals surface area contributed by atoms with Crippen LogP contribution < -0.4 is 5.46 Å². The molecule has 0 amide bonds. The molecule has 0 spiro atoms. The van der Waals surface area contributed by atoms with Crippen LogP contribution in [0.2, 0.25) is 0 Å². The Bertz CT molecular complexity index is 1440. The average Bonchev–Trinajstić information content (AvgIpc) is 3.14. The molecule has 0 N–H and O–H groups in total. The third-order valence-electron chi connectivity index (χ3n) is 7.24. The molecule has 2 heterocycles. The minimum atomic E-state index is -0.498. The SMILES string of the molecule is CC1(C)OB(c2ccc(-c3c(C#N)c(-c4ccccc4)nc(-c4ccccc4)c3C#N)cc2)OC1(C)C. The summed E-state index contributed by atoms with van der Waals surface area (Å²) in [4.78, 5) is 4.87. The van der Waals surface area contributed by atoms with E-state index in [1.165, 1.54) is 0 Å². The van der Waals surface area contributed by atoms with E-state index in [0.717, 1.165) is 22.2 Å². The maximum atomic E-state index is 10.3. The Balaban J connectivity index is 1.70. The Hall–Kier alpha value is -4.23. The van der Waals surface area contributed by atoms with Gasteiger partial charge in [-0.25, -0.2) is 4.98 Å². The van der Waals surface area contributed by atoms with E-state index in [1.54, 1.807) is 0 Å². The second-order valence-corrected chi connectivity index (χ2v) is 10.1. The third-order valence-corrected chi connectivity index (χ3v) is 7.24. The second kappa shape index (κ2) is 9.34. The topological polar surface area (TPSA) is 78.9 Å². The highest BCUT2D eigenvalue weighted by molar-refractivity contribution is 6.62. The molecule has 6 heteroatoms. The van der Waals surface area contributed by atoms with Gasteiger partial charge in [-0.05, 0) is 38.7 Å². The van der Waals surface area contributed by atoms with Crippen LogP contribution in [0.5, 0.6) is 0 Å². The minimum Gasteiger partial charge on any atom is -0.399 e. The van der Waals surface area contributed by atoms with Crippen LogP contribution >= 0.6 is 0 Å². The van der Waals surface area contributed by atoms with Gasteiger partial charge in [-0.15, -0.1) is 0 Å². The van der Waals surface area contributed by atoms with E-state index in [9.17, 15) is 10.5 Å². The van der Waals surface area contributed by atoms with Crippen molar-refractivity contribution in [3.63, 3.8) is 0 Å². The van der Waals surface area contributed by atoms with Gasteiger partial charge in [0.2, 0.25) is 0 Å². The third kappa shape index (κ3) is 4.32. The van der Waals surface area contributed by atoms with Gasteiger partial charge in [-0.1, -0.05) is 84.9 Å². The van der Waals surface area contributed by atoms with Crippen LogP contribution in [0.1, 0.15) is 38.8 Å². The quantitative estimate of drug-likeness (QED) is 0.327. The summed E-state index contributed by atoms with van der Waals surface area (Å²) in [5.41, 5.74) is 4.76. The Labute approximate surface area is 218 Å². The number of benzene rings is 3. The molecule has 0 unspecified atom stereocenters. The highest BCUT2D eigenvalue weighted by Gasteiger charge is 2.51. The summed E-state index contributed by atoms with van der Waals surface area (Å²) in [5, 5.41) is 20.6. The first-order chi connectivity index (χ1) is 17.8. The van der Waals surface area contributed by atoms with Gasteiger partial charge in [-0.3, -0.25) is 0 Å². The molecule has 0 radical (unpaired) electrons. The van der Waals surface area contributed by atoms with E-state index in [-0.39, 0.29) is 0 Å². The van der Waals surface area contributed by atoms with Crippen LogP contribution in [0.25, 0.3) is 33.6 Å². The van der Waals surface area contributed by atoms with E-state index >= 15 is 0 Å². The number of nitriles is 2. The summed E-state index contributed by atoms with van der Waals surface area (Å²) in [6.45, 7) is 8.08. The van der Waals surface area contributed by atoms with Crippen molar-refractivity contribution in [1.82, 2.24) is 4.98 Å². The standard InChI is InChI=1S/C31H26BN3O2/c1-30(2)31(3,4)37-32(36-30)24-17-15-21(16-18-24)27-25(19-33)28(22-11-7-5-8-12-22)35-29(26(27)20-34)23-13-9-6-10-14-23/h5-18H,1-4H3. The van der Waals surface area contributed by atoms with E-state index < -0.39 is 18.3 Å². The zero-order valence-corrected chi connectivity index (χ0v) is 21.3. The molecule has 1 saturated heterocycles. The lowest BCUT2D eigenvalue weighted by Crippen LogP contribution is -2.41. The summed E-state index contributed by atoms with van der Waals surface area (Å²) >= 11 is 0. The van der Waals surface area contributed by atoms with Gasteiger partial charge in [-0.2, -0.15) is 10.5 Å². The maximum Gasteiger partial charge on any atom is 0.494 e. The fourth-order valence-electron chi connectivity index (χ4n) is 4.49. The van der Waals surface area contributed by atoms with Gasteiger partial charge < -0.3 is 9.31 Å². The van der Waals surface area contributed by atoms with Gasteiger partial charge in [0.15, 0.2) is 0 Å². The van der Waals surface area contributed by atoms with Crippen molar-refractivity contribution in [2.75, 3.05) is 0 Å². The summed E-state index contributed by atoms with van der Waals surface area (Å²) in [6.07, 6.45) is 0. The van der Waals surface area contributed by atoms with Crippen LogP contribution in [0.4, 0.5) is 0 Å². The lowest BCUT2D eigenvalue weighted by atomic mass is 9.78. The molecule has 1 aromatic heterocycles. The predicted octanol–water partition coefficient (Wildman–Crippen LogP) is 6.13. The molecule has 1 aliphatic heterocycles. The number of hydrogen-bond donors (Lipinski definition) is 0. The molecule has 0 atom stereocenters. The van der Waals surface area contributed by atoms with Crippen molar-refractivity contribution in [1.29, 1.82) is 10.5 Å². The molecule has 0 aliphatic carbocycles. The molecule has 5 nitrogen and oxygen atoms in total. The number of hydrogen-bond acceptors (Lipinski definition) is 5. The molecule has 3 aromatic carbocycles. The first-order valence-corrected chi connectivity index (χ1v) is 12.2. The maximum absolute atomic E-state index is 10.3. The molecular formula is C31H26BN3O2. The average molecular weight is 483 g/mol. The zero-order valence-electron chi connectivity index (χ0n) is 21.3. The zero-order chi connectivity index (χ0) is 26.2. The number of nitrogens with zero attached hydrogens (tertiary/aromatic N) is 3. The molecule has 5 rings (SSSR count). The lowest BCUT2D eigenvalue weighted by molar-refractivity contribution is 0.00578. The molecule has 0 saturated carbocycles. The molecule has 37 heavy (non-hydrogen) atoms. The summed E-state index contributed by atoms with van der Waals surface area (Å²) in [7, 11) is -0.498. The van der Waals surface area contributed by atoms with Crippen molar-refractivity contribution in [3.05, 3.63) is 96.1 Å². The highest BCUT2D eigenvalue weighted by Crippen LogP contribution is 2.39. The predicted molar refractivity (Wildman–Crippen MR) is 146 cm³/mol. The van der Waals surface area contributed by atoms with Crippen LogP contribution in [-0.2, 0) is 9.31 Å². The smallest absolute Gasteiger partial charge is 0.399 e. The van der Waals surface area contributed by atoms with Crippen molar-refractivity contribution in [2.24, 2.45) is 0 Å². The van der Waals surface area contributed by atoms with Gasteiger partial charge in [0.25, 0.3) is 0 Å². The Kier molecular flexibility index (Phi) is 6.17. The van der Waals surface area contributed by atoms with Gasteiger partial charge >= 0.3 is 7.12 Å². The monoisotopic (exact) mass is 483 g/mol. The van der Waals surface area contributed by atoms with E-state index in [2.05, 4.69) is 12.1 Å². The molecular weight excluding hydrogens is 457 g/mol. The van der Waals surface area contributed by atoms with Gasteiger partial charge in [0, 0.05) is 16.7 Å². The van der Waals surface area contributed by atoms with Crippen molar-refractivity contribution < 1.29 is 9.31 Å². The number of aromatic nitrogens is 1. The summed E-state index contributed by atoms with van der Waals surface area (Å²) < 4.78 is 12.4. The molecule has 0 bridgehead atoms. The van der Waals surface area contributed by atoms with Crippen LogP contribution in [0.3, 0.4) is 0 Å². The lowest BCUT2D eigenvalue weighted by Gasteiger charge is -2.32. The largest absolute Gasteiger partial charge is 0.494 e. The number of rotatable bonds is 4. The Morgan fingerprint density at radius 3 is 1.46 bits per heavy atom. The second-order valence-electron chi connectivity index (χ2n) is 10.1. The molecule has 4 aromatic rings. The van der Waals surface area contributed by atoms with Crippen LogP contribution in [0, 0.1) is 22.7 Å². The Morgan fingerprint density at radius 2 is 1.05 bits per heavy atom. The first kappa shape index (κ1) is 24.5. The van der Waals surface area contributed by atoms with E-state index in [4.69, 9.17) is 14.3 Å². The minimum absolute atomic E-state index is 0.366. The van der Waals surface area contributed by atoms with E-state index in [0.29, 0.717) is 28.1 Å². The van der Waals surface area contributed by atoms with Crippen molar-refractivity contribution in [2.45, 2.75) is 38.9 Å². The van der Waals surface area contributed by atoms with E-state index in [1.807, 2.05) is 113 Å². The van der Waals surface area contributed by atoms with Crippen LogP contribution in [-0.4, -0.2) is 23.3 Å². The fourth-order valence-corrected chi connectivity index (χ4v) is 4.49. The molecule has 1 aliphatic rings. The summed E-state index contributed by atoms with van der Waals surface area (Å²) in [6, 6.07) is 31.6. The van der Waals surface area contributed by atoms with Gasteiger partial charge in [0.1, 0.15) is 12.1 Å². The highest BCUT2D eigenvalue weighted by atomic mass is 16.7. The van der Waals surface area contributed by atoms with Crippen molar-refractivity contribution >= 4 is 12.6 Å². The molecule has 180 valence electrons. The van der Waals surface area contributed by atoms with Crippen LogP contribution in [0.15, 0.2) is 84.9 Å². The summed E-state index contributed by atoms with van der Waals surface area (Å²) in [5.74, 6) is 0. The van der Waals surface area contributed by atoms with Crippen molar-refractivity contribution in [3.8, 4) is 45.8 Å². The molecule has 1 fully saturated rings. The number of pyridine rings is 1.